The molecule has 1 rings (SSSR count). The molecule has 0 bridgehead atoms. The summed E-state index contributed by atoms with van der Waals surface area (Å²) in [6.07, 6.45) is 1.14. The van der Waals surface area contributed by atoms with Gasteiger partial charge in [-0.25, -0.2) is 4.79 Å². The number of nitrogens with one attached hydrogen (secondary N) is 3. The van der Waals surface area contributed by atoms with E-state index in [1.165, 1.54) is 0 Å². The van der Waals surface area contributed by atoms with Crippen LogP contribution in [0.3, 0.4) is 0 Å². The summed E-state index contributed by atoms with van der Waals surface area (Å²) in [5.74, 6) is -4.21. The molecule has 4 amide bonds. The summed E-state index contributed by atoms with van der Waals surface area (Å²) < 4.78 is 0. The van der Waals surface area contributed by atoms with Crippen molar-refractivity contribution < 1.29 is 29.1 Å². The maximum Gasteiger partial charge on any atom is 0.326 e. The number of rotatable bonds is 17. The number of carboxylic acid groups (broad SMARTS) is 1. The van der Waals surface area contributed by atoms with Crippen LogP contribution in [-0.2, 0) is 30.4 Å². The Morgan fingerprint density at radius 3 is 2.03 bits per heavy atom. The molecule has 0 heterocycles. The molecule has 4 unspecified atom stereocenters. The fourth-order valence-electron chi connectivity index (χ4n) is 3.60. The Morgan fingerprint density at radius 2 is 1.49 bits per heavy atom. The lowest BCUT2D eigenvalue weighted by molar-refractivity contribution is -0.142. The zero-order valence-electron chi connectivity index (χ0n) is 21.4. The molecular weight excluding hydrogens is 480 g/mol. The molecule has 0 radical (unpaired) electrons. The Kier molecular flexibility index (Phi) is 13.9. The van der Waals surface area contributed by atoms with Crippen molar-refractivity contribution in [2.45, 2.75) is 76.5 Å². The van der Waals surface area contributed by atoms with Gasteiger partial charge in [-0.15, -0.1) is 0 Å². The Hall–Kier alpha value is -3.51. The smallest absolute Gasteiger partial charge is 0.326 e. The first kappa shape index (κ1) is 31.5. The van der Waals surface area contributed by atoms with Crippen molar-refractivity contribution >= 4 is 29.6 Å². The first-order valence-corrected chi connectivity index (χ1v) is 12.4. The first-order chi connectivity index (χ1) is 17.5. The van der Waals surface area contributed by atoms with Crippen LogP contribution in [0.4, 0.5) is 0 Å². The predicted molar refractivity (Wildman–Crippen MR) is 138 cm³/mol. The summed E-state index contributed by atoms with van der Waals surface area (Å²) in [6.45, 7) is 3.85. The number of unbranched alkanes of at least 4 members (excludes halogenated alkanes) is 1. The highest BCUT2D eigenvalue weighted by Crippen LogP contribution is 2.09. The zero-order chi connectivity index (χ0) is 28.0. The molecule has 0 saturated heterocycles. The summed E-state index contributed by atoms with van der Waals surface area (Å²) in [6, 6.07) is 4.91. The zero-order valence-corrected chi connectivity index (χ0v) is 21.4. The molecule has 0 fully saturated rings. The van der Waals surface area contributed by atoms with Gasteiger partial charge in [-0.05, 0) is 50.1 Å². The fraction of sp³-hybridized carbons (Fsp3) is 0.560. The monoisotopic (exact) mass is 520 g/mol. The standard InChI is InChI=1S/C25H40N6O6/c1-15(2)21(31-22(33)17(27)14-16-8-4-3-5-9-16)24(35)29-18(10-6-7-13-26)23(34)30-19(25(36)37)11-12-20(28)32/h3-5,8-9,15,17-19,21H,6-7,10-14,26-27H2,1-2H3,(H2,28,32)(H,29,35)(H,30,34)(H,31,33)(H,36,37). The van der Waals surface area contributed by atoms with Crippen molar-refractivity contribution in [2.75, 3.05) is 6.54 Å². The van der Waals surface area contributed by atoms with Gasteiger partial charge in [-0.2, -0.15) is 0 Å². The highest BCUT2D eigenvalue weighted by atomic mass is 16.4. The summed E-state index contributed by atoms with van der Waals surface area (Å²) >= 11 is 0. The predicted octanol–water partition coefficient (Wildman–Crippen LogP) is -0.854. The van der Waals surface area contributed by atoms with Crippen molar-refractivity contribution in [2.24, 2.45) is 23.1 Å². The van der Waals surface area contributed by atoms with Crippen molar-refractivity contribution in [3.8, 4) is 0 Å². The Labute approximate surface area is 217 Å². The number of carboxylic acids is 1. The third kappa shape index (κ3) is 11.8. The van der Waals surface area contributed by atoms with Crippen molar-refractivity contribution in [3.63, 3.8) is 0 Å². The van der Waals surface area contributed by atoms with Gasteiger partial charge in [0.15, 0.2) is 0 Å². The van der Waals surface area contributed by atoms with Crippen LogP contribution in [0.1, 0.15) is 51.5 Å². The van der Waals surface area contributed by atoms with Gasteiger partial charge in [-0.3, -0.25) is 19.2 Å². The molecule has 1 aromatic carbocycles. The maximum atomic E-state index is 13.1. The number of primary amides is 1. The van der Waals surface area contributed by atoms with Crippen molar-refractivity contribution in [1.82, 2.24) is 16.0 Å². The quantitative estimate of drug-likeness (QED) is 0.128. The maximum absolute atomic E-state index is 13.1. The van der Waals surface area contributed by atoms with Crippen LogP contribution in [0.25, 0.3) is 0 Å². The molecule has 0 aliphatic heterocycles. The van der Waals surface area contributed by atoms with Gasteiger partial charge < -0.3 is 38.3 Å². The molecule has 10 N–H and O–H groups in total. The lowest BCUT2D eigenvalue weighted by Crippen LogP contribution is -2.58. The first-order valence-electron chi connectivity index (χ1n) is 12.4. The molecule has 1 aromatic rings. The molecule has 0 aliphatic carbocycles. The number of hydrogen-bond acceptors (Lipinski definition) is 7. The Morgan fingerprint density at radius 1 is 0.865 bits per heavy atom. The van der Waals surface area contributed by atoms with Crippen LogP contribution in [0.5, 0.6) is 0 Å². The van der Waals surface area contributed by atoms with Crippen LogP contribution in [0, 0.1) is 5.92 Å². The third-order valence-corrected chi connectivity index (χ3v) is 5.76. The van der Waals surface area contributed by atoms with Gasteiger partial charge in [0.25, 0.3) is 0 Å². The van der Waals surface area contributed by atoms with E-state index >= 15 is 0 Å². The highest BCUT2D eigenvalue weighted by molar-refractivity contribution is 5.94. The van der Waals surface area contributed by atoms with E-state index in [-0.39, 0.29) is 31.6 Å². The average molecular weight is 521 g/mol. The number of carbonyl (C=O) groups excluding carboxylic acids is 4. The molecule has 206 valence electrons. The van der Waals surface area contributed by atoms with E-state index in [9.17, 15) is 29.1 Å². The molecule has 0 spiro atoms. The fourth-order valence-corrected chi connectivity index (χ4v) is 3.60. The number of hydrogen-bond donors (Lipinski definition) is 7. The number of nitrogens with two attached hydrogens (primary N) is 3. The number of benzene rings is 1. The normalized spacial score (nSPS) is 14.2. The van der Waals surface area contributed by atoms with Crippen LogP contribution >= 0.6 is 0 Å². The minimum Gasteiger partial charge on any atom is -0.480 e. The topological polar surface area (TPSA) is 220 Å². The Bertz CT molecular complexity index is 910. The molecule has 37 heavy (non-hydrogen) atoms. The average Bonchev–Trinajstić information content (AvgIpc) is 2.84. The van der Waals surface area contributed by atoms with E-state index in [1.807, 2.05) is 30.3 Å². The second-order valence-electron chi connectivity index (χ2n) is 9.28. The van der Waals surface area contributed by atoms with E-state index < -0.39 is 53.8 Å². The van der Waals surface area contributed by atoms with Crippen LogP contribution in [0.15, 0.2) is 30.3 Å². The lowest BCUT2D eigenvalue weighted by atomic mass is 10.00. The van der Waals surface area contributed by atoms with Crippen molar-refractivity contribution in [3.05, 3.63) is 35.9 Å². The third-order valence-electron chi connectivity index (χ3n) is 5.76. The summed E-state index contributed by atoms with van der Waals surface area (Å²) in [5, 5.41) is 17.1. The largest absolute Gasteiger partial charge is 0.480 e. The SMILES string of the molecule is CC(C)C(NC(=O)C(N)Cc1ccccc1)C(=O)NC(CCCCN)C(=O)NC(CCC(N)=O)C(=O)O. The minimum atomic E-state index is -1.36. The van der Waals surface area contributed by atoms with E-state index in [0.717, 1.165) is 5.56 Å². The van der Waals surface area contributed by atoms with Crippen LogP contribution in [-0.4, -0.2) is 65.4 Å². The minimum absolute atomic E-state index is 0.191. The number of aliphatic carboxylic acids is 1. The summed E-state index contributed by atoms with van der Waals surface area (Å²) in [5.41, 5.74) is 17.6. The molecule has 12 nitrogen and oxygen atoms in total. The van der Waals surface area contributed by atoms with Gasteiger partial charge >= 0.3 is 5.97 Å². The summed E-state index contributed by atoms with van der Waals surface area (Å²) in [4.78, 5) is 61.4. The van der Waals surface area contributed by atoms with E-state index in [4.69, 9.17) is 17.2 Å². The van der Waals surface area contributed by atoms with E-state index in [1.54, 1.807) is 13.8 Å². The lowest BCUT2D eigenvalue weighted by Gasteiger charge is -2.27. The van der Waals surface area contributed by atoms with Crippen LogP contribution in [0.2, 0.25) is 0 Å². The molecule has 12 heteroatoms. The van der Waals surface area contributed by atoms with E-state index in [2.05, 4.69) is 16.0 Å². The van der Waals surface area contributed by atoms with Gasteiger partial charge in [0, 0.05) is 6.42 Å². The van der Waals surface area contributed by atoms with Gasteiger partial charge in [0.2, 0.25) is 23.6 Å². The van der Waals surface area contributed by atoms with Gasteiger partial charge in [0.05, 0.1) is 6.04 Å². The second kappa shape index (κ2) is 16.3. The van der Waals surface area contributed by atoms with Gasteiger partial charge in [0.1, 0.15) is 18.1 Å². The number of amides is 4. The molecule has 0 aromatic heterocycles. The molecule has 0 saturated carbocycles. The van der Waals surface area contributed by atoms with Crippen molar-refractivity contribution in [1.29, 1.82) is 0 Å². The summed E-state index contributed by atoms with van der Waals surface area (Å²) in [7, 11) is 0. The Balaban J connectivity index is 2.92. The highest BCUT2D eigenvalue weighted by Gasteiger charge is 2.31. The molecular formula is C25H40N6O6. The molecule has 0 aliphatic rings. The second-order valence-corrected chi connectivity index (χ2v) is 9.28. The molecule has 4 atom stereocenters. The van der Waals surface area contributed by atoms with Crippen LogP contribution < -0.4 is 33.2 Å². The van der Waals surface area contributed by atoms with E-state index in [0.29, 0.717) is 19.4 Å². The number of carbonyl (C=O) groups is 5. The van der Waals surface area contributed by atoms with Gasteiger partial charge in [-0.1, -0.05) is 44.2 Å².